The summed E-state index contributed by atoms with van der Waals surface area (Å²) < 4.78 is 0.965. The third kappa shape index (κ3) is 1.25. The number of anilines is 1. The summed E-state index contributed by atoms with van der Waals surface area (Å²) in [6.07, 6.45) is 0. The summed E-state index contributed by atoms with van der Waals surface area (Å²) >= 11 is 3.46. The van der Waals surface area contributed by atoms with E-state index in [1.54, 1.807) is 0 Å². The number of nitrogens with one attached hydrogen (secondary N) is 2. The largest absolute Gasteiger partial charge is 0.337 e. The van der Waals surface area contributed by atoms with Crippen molar-refractivity contribution in [3.8, 4) is 0 Å². The number of hydrazine groups is 1. The van der Waals surface area contributed by atoms with Gasteiger partial charge in [-0.05, 0) is 22.0 Å². The molecule has 0 unspecified atom stereocenters. The summed E-state index contributed by atoms with van der Waals surface area (Å²) in [7, 11) is 0. The number of nitrogen functional groups attached to an aromatic ring is 1. The fourth-order valence-corrected chi connectivity index (χ4v) is 2.09. The summed E-state index contributed by atoms with van der Waals surface area (Å²) in [5.41, 5.74) is 4.70. The van der Waals surface area contributed by atoms with Gasteiger partial charge in [-0.15, -0.1) is 10.2 Å². The molecule has 0 fully saturated rings. The molecule has 0 bridgehead atoms. The predicted molar refractivity (Wildman–Crippen MR) is 64.7 cm³/mol. The maximum absolute atomic E-state index is 5.23. The molecule has 0 spiro atoms. The molecule has 4 N–H and O–H groups in total. The zero-order valence-electron chi connectivity index (χ0n) is 8.03. The summed E-state index contributed by atoms with van der Waals surface area (Å²) in [5, 5.41) is 8.90. The van der Waals surface area contributed by atoms with Crippen molar-refractivity contribution >= 4 is 43.9 Å². The monoisotopic (exact) mass is 278 g/mol. The van der Waals surface area contributed by atoms with E-state index in [0.717, 1.165) is 20.9 Å². The third-order valence-electron chi connectivity index (χ3n) is 2.33. The molecule has 2 heterocycles. The van der Waals surface area contributed by atoms with Crippen molar-refractivity contribution in [3.05, 3.63) is 22.7 Å². The molecule has 0 atom stereocenters. The molecule has 80 valence electrons. The molecule has 0 saturated carbocycles. The van der Waals surface area contributed by atoms with Gasteiger partial charge in [-0.2, -0.15) is 4.98 Å². The molecule has 0 aliphatic heterocycles. The predicted octanol–water partition coefficient (Wildman–Crippen LogP) is 1.55. The average Bonchev–Trinajstić information content (AvgIpc) is 2.68. The fourth-order valence-electron chi connectivity index (χ4n) is 1.62. The van der Waals surface area contributed by atoms with Crippen LogP contribution in [0.15, 0.2) is 22.7 Å². The second-order valence-corrected chi connectivity index (χ2v) is 4.12. The first kappa shape index (κ1) is 9.49. The van der Waals surface area contributed by atoms with E-state index < -0.39 is 0 Å². The lowest BCUT2D eigenvalue weighted by molar-refractivity contribution is 1.01. The molecule has 3 rings (SSSR count). The highest BCUT2D eigenvalue weighted by Gasteiger charge is 2.09. The highest BCUT2D eigenvalue weighted by Crippen LogP contribution is 2.27. The lowest BCUT2D eigenvalue weighted by Gasteiger charge is -1.94. The first-order chi connectivity index (χ1) is 7.79. The van der Waals surface area contributed by atoms with Crippen LogP contribution in [0.2, 0.25) is 0 Å². The minimum atomic E-state index is 0.287. The van der Waals surface area contributed by atoms with E-state index in [0.29, 0.717) is 5.65 Å². The van der Waals surface area contributed by atoms with E-state index >= 15 is 0 Å². The van der Waals surface area contributed by atoms with Crippen LogP contribution in [0.5, 0.6) is 0 Å². The van der Waals surface area contributed by atoms with Gasteiger partial charge in [0.1, 0.15) is 5.52 Å². The van der Waals surface area contributed by atoms with Gasteiger partial charge < -0.3 is 4.98 Å². The normalized spacial score (nSPS) is 11.1. The minimum Gasteiger partial charge on any atom is -0.337 e. The van der Waals surface area contributed by atoms with Gasteiger partial charge in [-0.25, -0.2) is 5.84 Å². The van der Waals surface area contributed by atoms with Crippen molar-refractivity contribution < 1.29 is 0 Å². The van der Waals surface area contributed by atoms with Crippen molar-refractivity contribution in [2.24, 2.45) is 5.84 Å². The van der Waals surface area contributed by atoms with Crippen LogP contribution in [0, 0.1) is 0 Å². The Morgan fingerprint density at radius 2 is 2.19 bits per heavy atom. The number of para-hydroxylation sites is 1. The third-order valence-corrected chi connectivity index (χ3v) is 2.99. The van der Waals surface area contributed by atoms with Crippen molar-refractivity contribution in [2.75, 3.05) is 5.43 Å². The summed E-state index contributed by atoms with van der Waals surface area (Å²) in [4.78, 5) is 7.35. The summed E-state index contributed by atoms with van der Waals surface area (Å²) in [6.45, 7) is 0. The highest BCUT2D eigenvalue weighted by atomic mass is 79.9. The summed E-state index contributed by atoms with van der Waals surface area (Å²) in [6, 6.07) is 5.86. The topological polar surface area (TPSA) is 92.5 Å². The molecule has 3 aromatic rings. The van der Waals surface area contributed by atoms with Crippen LogP contribution in [-0.4, -0.2) is 20.2 Å². The molecule has 7 heteroatoms. The van der Waals surface area contributed by atoms with Crippen LogP contribution in [0.4, 0.5) is 5.95 Å². The zero-order valence-corrected chi connectivity index (χ0v) is 9.62. The number of hydrogen-bond donors (Lipinski definition) is 3. The lowest BCUT2D eigenvalue weighted by Crippen LogP contribution is -2.10. The number of H-pyrrole nitrogens is 1. The van der Waals surface area contributed by atoms with E-state index in [2.05, 4.69) is 41.5 Å². The number of aromatic amines is 1. The number of aromatic nitrogens is 4. The fraction of sp³-hybridized carbons (Fsp3) is 0. The van der Waals surface area contributed by atoms with Gasteiger partial charge in [0.2, 0.25) is 0 Å². The lowest BCUT2D eigenvalue weighted by atomic mass is 10.2. The Kier molecular flexibility index (Phi) is 2.01. The Bertz CT molecular complexity index is 676. The van der Waals surface area contributed by atoms with Gasteiger partial charge in [0.25, 0.3) is 5.95 Å². The van der Waals surface area contributed by atoms with Crippen molar-refractivity contribution in [3.63, 3.8) is 0 Å². The molecular weight excluding hydrogens is 272 g/mol. The van der Waals surface area contributed by atoms with Gasteiger partial charge >= 0.3 is 0 Å². The van der Waals surface area contributed by atoms with Gasteiger partial charge in [-0.3, -0.25) is 5.43 Å². The van der Waals surface area contributed by atoms with Gasteiger partial charge in [0.05, 0.1) is 5.52 Å². The standard InChI is InChI=1S/C9H7BrN6/c10-5-3-1-2-4-6(5)12-8-7(4)15-16-9(13-8)14-11/h1-3H,11H2,(H2,12,13,14,16). The molecule has 0 radical (unpaired) electrons. The highest BCUT2D eigenvalue weighted by molar-refractivity contribution is 9.10. The van der Waals surface area contributed by atoms with E-state index in [9.17, 15) is 0 Å². The number of benzene rings is 1. The average molecular weight is 279 g/mol. The Morgan fingerprint density at radius 1 is 1.31 bits per heavy atom. The van der Waals surface area contributed by atoms with Gasteiger partial charge in [0.15, 0.2) is 5.65 Å². The Labute approximate surface area is 98.4 Å². The second-order valence-electron chi connectivity index (χ2n) is 3.26. The number of nitrogens with two attached hydrogens (primary N) is 1. The molecule has 0 aliphatic carbocycles. The molecule has 0 amide bonds. The van der Waals surface area contributed by atoms with Crippen LogP contribution in [0.3, 0.4) is 0 Å². The second kappa shape index (κ2) is 3.39. The number of fused-ring (bicyclic) bond motifs is 3. The van der Waals surface area contributed by atoms with Gasteiger partial charge in [-0.1, -0.05) is 12.1 Å². The first-order valence-electron chi connectivity index (χ1n) is 4.57. The molecule has 0 saturated heterocycles. The number of rotatable bonds is 1. The SMILES string of the molecule is NNc1nnc2c(n1)[nH]c1c(Br)cccc12. The molecule has 0 aliphatic rings. The quantitative estimate of drug-likeness (QED) is 0.464. The first-order valence-corrected chi connectivity index (χ1v) is 5.36. The smallest absolute Gasteiger partial charge is 0.258 e. The van der Waals surface area contributed by atoms with Crippen LogP contribution in [-0.2, 0) is 0 Å². The van der Waals surface area contributed by atoms with Crippen molar-refractivity contribution in [1.29, 1.82) is 0 Å². The van der Waals surface area contributed by atoms with E-state index in [4.69, 9.17) is 5.84 Å². The Morgan fingerprint density at radius 3 is 3.00 bits per heavy atom. The van der Waals surface area contributed by atoms with Gasteiger partial charge in [0, 0.05) is 9.86 Å². The Hall–Kier alpha value is -1.73. The number of halogens is 1. The van der Waals surface area contributed by atoms with Crippen LogP contribution in [0.1, 0.15) is 0 Å². The maximum Gasteiger partial charge on any atom is 0.258 e. The van der Waals surface area contributed by atoms with E-state index in [-0.39, 0.29) is 5.95 Å². The molecule has 1 aromatic carbocycles. The van der Waals surface area contributed by atoms with Crippen molar-refractivity contribution in [1.82, 2.24) is 20.2 Å². The zero-order chi connectivity index (χ0) is 11.1. The number of nitrogens with zero attached hydrogens (tertiary/aromatic N) is 3. The van der Waals surface area contributed by atoms with E-state index in [1.807, 2.05) is 18.2 Å². The Balaban J connectivity index is 2.45. The van der Waals surface area contributed by atoms with E-state index in [1.165, 1.54) is 0 Å². The number of hydrogen-bond acceptors (Lipinski definition) is 5. The molecule has 6 nitrogen and oxygen atoms in total. The van der Waals surface area contributed by atoms with Crippen molar-refractivity contribution in [2.45, 2.75) is 0 Å². The van der Waals surface area contributed by atoms with Crippen LogP contribution >= 0.6 is 15.9 Å². The molecule has 2 aromatic heterocycles. The van der Waals surface area contributed by atoms with Crippen LogP contribution < -0.4 is 11.3 Å². The minimum absolute atomic E-state index is 0.287. The maximum atomic E-state index is 5.23. The molecule has 16 heavy (non-hydrogen) atoms. The van der Waals surface area contributed by atoms with Crippen LogP contribution in [0.25, 0.3) is 22.1 Å². The molecular formula is C9H7BrN6. The summed E-state index contributed by atoms with van der Waals surface area (Å²) in [5.74, 6) is 5.51.